The van der Waals surface area contributed by atoms with E-state index in [9.17, 15) is 9.59 Å². The Hall–Kier alpha value is -4.33. The number of carbonyl (C=O) groups excluding carboxylic acids is 2. The van der Waals surface area contributed by atoms with Crippen LogP contribution in [0, 0.1) is 6.92 Å². The molecule has 0 saturated heterocycles. The molecule has 2 aromatic carbocycles. The monoisotopic (exact) mass is 418 g/mol. The van der Waals surface area contributed by atoms with Gasteiger partial charge >= 0.3 is 12.1 Å². The normalized spacial score (nSPS) is 9.97. The van der Waals surface area contributed by atoms with Crippen molar-refractivity contribution >= 4 is 34.3 Å². The van der Waals surface area contributed by atoms with E-state index in [1.54, 1.807) is 24.5 Å². The van der Waals surface area contributed by atoms with E-state index in [0.717, 1.165) is 16.6 Å². The van der Waals surface area contributed by atoms with Crippen LogP contribution in [0.25, 0.3) is 10.9 Å². The Morgan fingerprint density at radius 3 is 2.29 bits per heavy atom. The van der Waals surface area contributed by atoms with Crippen LogP contribution in [0.1, 0.15) is 16.1 Å². The maximum absolute atomic E-state index is 12.3. The minimum atomic E-state index is -1.02. The Balaban J connectivity index is 0.000000330. The number of primary amides is 1. The Kier molecular flexibility index (Phi) is 7.21. The van der Waals surface area contributed by atoms with Gasteiger partial charge in [-0.3, -0.25) is 4.98 Å². The molecule has 0 aliphatic carbocycles. The van der Waals surface area contributed by atoms with Crippen LogP contribution in [0.3, 0.4) is 0 Å². The fraction of sp³-hybridized carbons (Fsp3) is 0.0870. The number of rotatable bonds is 5. The molecular weight excluding hydrogens is 396 g/mol. The summed E-state index contributed by atoms with van der Waals surface area (Å²) in [7, 11) is 0. The number of H-pyrrole nitrogens is 1. The van der Waals surface area contributed by atoms with Gasteiger partial charge in [0.2, 0.25) is 6.79 Å². The van der Waals surface area contributed by atoms with E-state index in [0.29, 0.717) is 5.69 Å². The predicted molar refractivity (Wildman–Crippen MR) is 118 cm³/mol. The number of amides is 1. The molecule has 0 saturated carbocycles. The first-order chi connectivity index (χ1) is 15.0. The largest absolute Gasteiger partial charge is 0.423 e. The average Bonchev–Trinajstić information content (AvgIpc) is 3.14. The second-order valence-corrected chi connectivity index (χ2v) is 6.45. The molecule has 158 valence electrons. The number of aryl methyl sites for hydroxylation is 1. The topological polar surface area (TPSA) is 119 Å². The molecule has 2 heterocycles. The first-order valence-corrected chi connectivity index (χ1v) is 9.43. The zero-order valence-corrected chi connectivity index (χ0v) is 16.9. The molecule has 4 aromatic rings. The standard InChI is InChI=1S/C16H14N4O4.C7H8/c17-16(22)24-9-23-15(21)14-13(19-10-5-7-18-8-6-10)11-3-1-2-4-12(11)20-14;1-7-5-3-2-4-6-7/h1-8,20H,9H2,(H2,17,22)(H,18,19);2-6H,1H3. The number of hydrogen-bond donors (Lipinski definition) is 3. The van der Waals surface area contributed by atoms with Gasteiger partial charge < -0.3 is 25.5 Å². The number of nitrogens with one attached hydrogen (secondary N) is 2. The summed E-state index contributed by atoms with van der Waals surface area (Å²) in [5.74, 6) is -0.677. The summed E-state index contributed by atoms with van der Waals surface area (Å²) in [5, 5.41) is 3.99. The highest BCUT2D eigenvalue weighted by Gasteiger charge is 2.19. The van der Waals surface area contributed by atoms with Crippen LogP contribution in [0.5, 0.6) is 0 Å². The van der Waals surface area contributed by atoms with Gasteiger partial charge in [-0.15, -0.1) is 0 Å². The summed E-state index contributed by atoms with van der Waals surface area (Å²) in [6.07, 6.45) is 2.25. The molecule has 0 unspecified atom stereocenters. The maximum atomic E-state index is 12.3. The molecule has 0 atom stereocenters. The number of aromatic nitrogens is 2. The lowest BCUT2D eigenvalue weighted by Gasteiger charge is -2.08. The molecule has 1 amide bonds. The summed E-state index contributed by atoms with van der Waals surface area (Å²) < 4.78 is 9.32. The lowest BCUT2D eigenvalue weighted by Crippen LogP contribution is -2.18. The number of fused-ring (bicyclic) bond motifs is 1. The van der Waals surface area contributed by atoms with E-state index >= 15 is 0 Å². The first-order valence-electron chi connectivity index (χ1n) is 9.43. The van der Waals surface area contributed by atoms with Crippen LogP contribution < -0.4 is 11.1 Å². The fourth-order valence-corrected chi connectivity index (χ4v) is 2.75. The van der Waals surface area contributed by atoms with Gasteiger partial charge in [0.05, 0.1) is 5.69 Å². The van der Waals surface area contributed by atoms with Gasteiger partial charge in [-0.1, -0.05) is 54.1 Å². The lowest BCUT2D eigenvalue weighted by atomic mass is 10.2. The minimum Gasteiger partial charge on any atom is -0.423 e. The van der Waals surface area contributed by atoms with Crippen LogP contribution in [0.2, 0.25) is 0 Å². The van der Waals surface area contributed by atoms with Crippen molar-refractivity contribution in [3.05, 3.63) is 90.4 Å². The molecule has 4 N–H and O–H groups in total. The Morgan fingerprint density at radius 1 is 0.968 bits per heavy atom. The molecule has 0 radical (unpaired) electrons. The summed E-state index contributed by atoms with van der Waals surface area (Å²) in [6.45, 7) is 1.53. The third kappa shape index (κ3) is 6.07. The van der Waals surface area contributed by atoms with Crippen molar-refractivity contribution < 1.29 is 19.1 Å². The first kappa shape index (κ1) is 21.4. The molecule has 8 heteroatoms. The van der Waals surface area contributed by atoms with E-state index in [2.05, 4.69) is 39.1 Å². The number of nitrogens with zero attached hydrogens (tertiary/aromatic N) is 1. The van der Waals surface area contributed by atoms with Crippen LogP contribution in [0.15, 0.2) is 79.1 Å². The summed E-state index contributed by atoms with van der Waals surface area (Å²) in [5.41, 5.74) is 8.44. The molecule has 0 aliphatic rings. The zero-order chi connectivity index (χ0) is 22.1. The third-order valence-corrected chi connectivity index (χ3v) is 4.19. The van der Waals surface area contributed by atoms with Gasteiger partial charge in [0.15, 0.2) is 0 Å². The Labute approximate surface area is 179 Å². The van der Waals surface area contributed by atoms with E-state index in [1.165, 1.54) is 5.56 Å². The zero-order valence-electron chi connectivity index (χ0n) is 16.9. The lowest BCUT2D eigenvalue weighted by molar-refractivity contribution is -0.000354. The number of pyridine rings is 1. The molecule has 0 aliphatic heterocycles. The second kappa shape index (κ2) is 10.4. The average molecular weight is 418 g/mol. The Bertz CT molecular complexity index is 1140. The van der Waals surface area contributed by atoms with Crippen molar-refractivity contribution in [2.45, 2.75) is 6.92 Å². The van der Waals surface area contributed by atoms with Crippen LogP contribution in [0.4, 0.5) is 16.2 Å². The van der Waals surface area contributed by atoms with E-state index in [1.807, 2.05) is 42.5 Å². The highest BCUT2D eigenvalue weighted by Crippen LogP contribution is 2.30. The number of aromatic amines is 1. The number of benzene rings is 2. The van der Waals surface area contributed by atoms with Crippen molar-refractivity contribution in [3.8, 4) is 0 Å². The number of ether oxygens (including phenoxy) is 2. The van der Waals surface area contributed by atoms with Gasteiger partial charge in [0, 0.05) is 29.0 Å². The van der Waals surface area contributed by atoms with Gasteiger partial charge in [-0.05, 0) is 25.1 Å². The molecular formula is C23H22N4O4. The number of nitrogens with two attached hydrogens (primary N) is 1. The summed E-state index contributed by atoms with van der Waals surface area (Å²) >= 11 is 0. The predicted octanol–water partition coefficient (Wildman–Crippen LogP) is 4.51. The van der Waals surface area contributed by atoms with Crippen molar-refractivity contribution in [3.63, 3.8) is 0 Å². The van der Waals surface area contributed by atoms with Crippen molar-refractivity contribution in [2.24, 2.45) is 5.73 Å². The number of hydrogen-bond acceptors (Lipinski definition) is 6. The quantitative estimate of drug-likeness (QED) is 0.324. The van der Waals surface area contributed by atoms with Gasteiger partial charge in [-0.2, -0.15) is 0 Å². The molecule has 0 spiro atoms. The minimum absolute atomic E-state index is 0.209. The summed E-state index contributed by atoms with van der Waals surface area (Å²) in [4.78, 5) is 29.8. The fourth-order valence-electron chi connectivity index (χ4n) is 2.75. The van der Waals surface area contributed by atoms with Crippen LogP contribution >= 0.6 is 0 Å². The molecule has 0 fully saturated rings. The smallest absolute Gasteiger partial charge is 0.407 e. The molecule has 4 rings (SSSR count). The molecule has 31 heavy (non-hydrogen) atoms. The van der Waals surface area contributed by atoms with Crippen LogP contribution in [-0.2, 0) is 9.47 Å². The van der Waals surface area contributed by atoms with Crippen molar-refractivity contribution in [1.82, 2.24) is 9.97 Å². The number of esters is 1. The second-order valence-electron chi connectivity index (χ2n) is 6.45. The highest BCUT2D eigenvalue weighted by molar-refractivity contribution is 6.07. The maximum Gasteiger partial charge on any atom is 0.407 e. The third-order valence-electron chi connectivity index (χ3n) is 4.19. The van der Waals surface area contributed by atoms with E-state index in [4.69, 9.17) is 10.5 Å². The van der Waals surface area contributed by atoms with Gasteiger partial charge in [0.1, 0.15) is 5.69 Å². The summed E-state index contributed by atoms with van der Waals surface area (Å²) in [6, 6.07) is 21.2. The molecule has 8 nitrogen and oxygen atoms in total. The molecule has 2 aromatic heterocycles. The number of para-hydroxylation sites is 1. The van der Waals surface area contributed by atoms with Gasteiger partial charge in [-0.25, -0.2) is 9.59 Å². The van der Waals surface area contributed by atoms with Crippen LogP contribution in [-0.4, -0.2) is 28.8 Å². The van der Waals surface area contributed by atoms with Crippen molar-refractivity contribution in [1.29, 1.82) is 0 Å². The molecule has 0 bridgehead atoms. The SMILES string of the molecule is Cc1ccccc1.NC(=O)OCOC(=O)c1[nH]c2ccccc2c1Nc1ccncc1. The number of carbonyl (C=O) groups is 2. The number of anilines is 2. The van der Waals surface area contributed by atoms with E-state index in [-0.39, 0.29) is 5.69 Å². The highest BCUT2D eigenvalue weighted by atomic mass is 16.7. The Morgan fingerprint density at radius 2 is 1.65 bits per heavy atom. The van der Waals surface area contributed by atoms with Crippen molar-refractivity contribution in [2.75, 3.05) is 12.1 Å². The van der Waals surface area contributed by atoms with Gasteiger partial charge in [0.25, 0.3) is 0 Å². The van der Waals surface area contributed by atoms with E-state index < -0.39 is 18.9 Å².